The van der Waals surface area contributed by atoms with Gasteiger partial charge in [-0.25, -0.2) is 13.6 Å². The van der Waals surface area contributed by atoms with Gasteiger partial charge in [-0.15, -0.1) is 11.8 Å². The monoisotopic (exact) mass is 626 g/mol. The average Bonchev–Trinajstić information content (AvgIpc) is 3.20. The van der Waals surface area contributed by atoms with Crippen molar-refractivity contribution in [1.82, 2.24) is 14.5 Å². The van der Waals surface area contributed by atoms with E-state index in [0.29, 0.717) is 18.9 Å². The molecule has 7 nitrogen and oxygen atoms in total. The number of carbonyl (C=O) groups excluding carboxylic acids is 1. The number of aromatic nitrogens is 2. The van der Waals surface area contributed by atoms with Crippen LogP contribution >= 0.6 is 23.4 Å². The molecule has 2 fully saturated rings. The first-order valence-corrected chi connectivity index (χ1v) is 14.5. The van der Waals surface area contributed by atoms with Gasteiger partial charge in [-0.1, -0.05) is 18.2 Å². The molecule has 3 atom stereocenters. The molecular formula is C28H24ClF5N4O3S. The minimum absolute atomic E-state index is 0.0120. The lowest BCUT2D eigenvalue weighted by atomic mass is 9.95. The van der Waals surface area contributed by atoms with E-state index in [1.165, 1.54) is 17.8 Å². The molecule has 14 heteroatoms. The Bertz CT molecular complexity index is 1680. The van der Waals surface area contributed by atoms with Gasteiger partial charge in [0.15, 0.2) is 0 Å². The van der Waals surface area contributed by atoms with Gasteiger partial charge in [0.05, 0.1) is 28.8 Å². The summed E-state index contributed by atoms with van der Waals surface area (Å²) in [5.74, 6) is -2.35. The van der Waals surface area contributed by atoms with Crippen molar-refractivity contribution in [2.45, 2.75) is 42.0 Å². The summed E-state index contributed by atoms with van der Waals surface area (Å²) >= 11 is 6.93. The lowest BCUT2D eigenvalue weighted by Gasteiger charge is -2.42. The maximum atomic E-state index is 15.2. The second-order valence-corrected chi connectivity index (χ2v) is 12.0. The van der Waals surface area contributed by atoms with E-state index in [9.17, 15) is 27.2 Å². The molecule has 6 rings (SSSR count). The number of nitrogens with zero attached hydrogens (tertiary/aromatic N) is 4. The number of carbonyl (C=O) groups is 1. The van der Waals surface area contributed by atoms with Crippen LogP contribution in [0.4, 0.5) is 27.8 Å². The van der Waals surface area contributed by atoms with Gasteiger partial charge in [-0.2, -0.15) is 18.2 Å². The molecule has 2 unspecified atom stereocenters. The smallest absolute Gasteiger partial charge is 0.383 e. The fourth-order valence-electron chi connectivity index (χ4n) is 6.39. The van der Waals surface area contributed by atoms with Crippen molar-refractivity contribution in [3.8, 4) is 11.1 Å². The van der Waals surface area contributed by atoms with Crippen LogP contribution in [-0.4, -0.2) is 65.0 Å². The summed E-state index contributed by atoms with van der Waals surface area (Å²) in [6.45, 7) is 4.17. The average molecular weight is 627 g/mol. The van der Waals surface area contributed by atoms with E-state index in [0.717, 1.165) is 23.9 Å². The van der Waals surface area contributed by atoms with Gasteiger partial charge >= 0.3 is 11.9 Å². The highest BCUT2D eigenvalue weighted by atomic mass is 35.5. The van der Waals surface area contributed by atoms with Crippen LogP contribution in [0.25, 0.3) is 22.0 Å². The van der Waals surface area contributed by atoms with Gasteiger partial charge in [0.1, 0.15) is 17.5 Å². The Morgan fingerprint density at radius 3 is 2.50 bits per heavy atom. The topological polar surface area (TPSA) is 67.7 Å². The molecule has 0 saturated carbocycles. The number of amides is 1. The first-order chi connectivity index (χ1) is 19.9. The zero-order chi connectivity index (χ0) is 30.1. The van der Waals surface area contributed by atoms with Crippen LogP contribution in [0.15, 0.2) is 40.5 Å². The van der Waals surface area contributed by atoms with Crippen LogP contribution in [0.3, 0.4) is 0 Å². The Balaban J connectivity index is 1.65. The number of fused-ring (bicyclic) bond motifs is 2. The number of anilines is 1. The lowest BCUT2D eigenvalue weighted by molar-refractivity contribution is -0.137. The van der Waals surface area contributed by atoms with Crippen LogP contribution in [-0.2, 0) is 15.7 Å². The molecule has 1 aromatic heterocycles. The van der Waals surface area contributed by atoms with E-state index in [1.807, 2.05) is 0 Å². The number of thioether (sulfide) groups is 1. The summed E-state index contributed by atoms with van der Waals surface area (Å²) in [5.41, 5.74) is -2.76. The van der Waals surface area contributed by atoms with Crippen LogP contribution < -0.4 is 10.6 Å². The van der Waals surface area contributed by atoms with Gasteiger partial charge in [-0.3, -0.25) is 9.36 Å². The van der Waals surface area contributed by atoms with E-state index in [-0.39, 0.29) is 65.1 Å². The molecule has 0 aliphatic carbocycles. The molecule has 3 aliphatic heterocycles. The number of alkyl halides is 3. The summed E-state index contributed by atoms with van der Waals surface area (Å²) in [5, 5.41) is -0.481. The number of piperazine rings is 1. The van der Waals surface area contributed by atoms with Crippen molar-refractivity contribution in [3.05, 3.63) is 63.6 Å². The van der Waals surface area contributed by atoms with Crippen molar-refractivity contribution in [2.24, 2.45) is 0 Å². The SMILES string of the molecule is C=CC(=O)N1C2CCC1CN(c1nc(=O)n3c4c(c(-c5cc(Cl)c(F)cc5F)c(C(F)(F)F)cc14)SC[C@@H]3COC)C2. The Hall–Kier alpha value is -3.16. The number of methoxy groups -OCH3 is 1. The van der Waals surface area contributed by atoms with Crippen LogP contribution in [0.2, 0.25) is 5.02 Å². The summed E-state index contributed by atoms with van der Waals surface area (Å²) in [4.78, 5) is 33.9. The summed E-state index contributed by atoms with van der Waals surface area (Å²) in [6, 6.07) is 1.14. The maximum absolute atomic E-state index is 15.2. The predicted molar refractivity (Wildman–Crippen MR) is 149 cm³/mol. The highest BCUT2D eigenvalue weighted by Gasteiger charge is 2.44. The fourth-order valence-corrected chi connectivity index (χ4v) is 7.87. The van der Waals surface area contributed by atoms with E-state index in [4.69, 9.17) is 16.3 Å². The van der Waals surface area contributed by atoms with Gasteiger partial charge < -0.3 is 14.5 Å². The second-order valence-electron chi connectivity index (χ2n) is 10.5. The van der Waals surface area contributed by atoms with Crippen LogP contribution in [0, 0.1) is 11.6 Å². The normalized spacial score (nSPS) is 21.7. The summed E-state index contributed by atoms with van der Waals surface area (Å²) in [6.07, 6.45) is -2.34. The van der Waals surface area contributed by atoms with Gasteiger partial charge in [0.2, 0.25) is 5.91 Å². The number of hydrogen-bond donors (Lipinski definition) is 0. The number of ether oxygens (including phenoxy) is 1. The van der Waals surface area contributed by atoms with E-state index < -0.39 is 51.3 Å². The van der Waals surface area contributed by atoms with Gasteiger partial charge in [-0.05, 0) is 31.1 Å². The summed E-state index contributed by atoms with van der Waals surface area (Å²) < 4.78 is 80.1. The maximum Gasteiger partial charge on any atom is 0.417 e. The number of benzene rings is 2. The van der Waals surface area contributed by atoms with Crippen LogP contribution in [0.5, 0.6) is 0 Å². The number of rotatable bonds is 5. The highest BCUT2D eigenvalue weighted by Crippen LogP contribution is 2.51. The summed E-state index contributed by atoms with van der Waals surface area (Å²) in [7, 11) is 1.44. The zero-order valence-electron chi connectivity index (χ0n) is 22.2. The number of halogens is 6. The third-order valence-electron chi connectivity index (χ3n) is 8.08. The van der Waals surface area contributed by atoms with E-state index >= 15 is 4.39 Å². The molecule has 222 valence electrons. The first-order valence-electron chi connectivity index (χ1n) is 13.1. The minimum atomic E-state index is -4.95. The molecule has 0 N–H and O–H groups in total. The lowest BCUT2D eigenvalue weighted by Crippen LogP contribution is -2.56. The largest absolute Gasteiger partial charge is 0.417 e. The molecule has 2 bridgehead atoms. The molecule has 3 aliphatic rings. The first kappa shape index (κ1) is 28.9. The minimum Gasteiger partial charge on any atom is -0.383 e. The quantitative estimate of drug-likeness (QED) is 0.207. The molecule has 4 heterocycles. The molecule has 3 aromatic rings. The van der Waals surface area contributed by atoms with Crippen LogP contribution in [0.1, 0.15) is 24.4 Å². The highest BCUT2D eigenvalue weighted by molar-refractivity contribution is 7.99. The third-order valence-corrected chi connectivity index (χ3v) is 9.61. The standard InChI is InChI=1S/C28H24ClF5N4O3S/c1-3-22(39)37-13-4-5-14(37)10-36(9-13)26-17-6-18(28(32,33)34)23(16-7-19(29)21(31)8-20(16)30)25-24(17)38(27(40)35-26)15(11-41-2)12-42-25/h3,6-8,13-15H,1,4-5,9-12H2,2H3/t13?,14?,15-/m0/s1. The molecule has 2 saturated heterocycles. The fraction of sp³-hybridized carbons (Fsp3) is 0.393. The van der Waals surface area contributed by atoms with Crippen molar-refractivity contribution >= 4 is 46.0 Å². The van der Waals surface area contributed by atoms with Crippen molar-refractivity contribution in [3.63, 3.8) is 0 Å². The third kappa shape index (κ3) is 4.56. The van der Waals surface area contributed by atoms with Crippen molar-refractivity contribution in [2.75, 3.05) is 37.5 Å². The molecule has 1 amide bonds. The predicted octanol–water partition coefficient (Wildman–Crippen LogP) is 5.67. The number of hydrogen-bond acceptors (Lipinski definition) is 6. The molecule has 2 aromatic carbocycles. The Labute approximate surface area is 245 Å². The van der Waals surface area contributed by atoms with Crippen molar-refractivity contribution < 1.29 is 31.5 Å². The molecule has 42 heavy (non-hydrogen) atoms. The zero-order valence-corrected chi connectivity index (χ0v) is 23.8. The Morgan fingerprint density at radius 1 is 1.19 bits per heavy atom. The molecule has 0 spiro atoms. The Morgan fingerprint density at radius 2 is 1.88 bits per heavy atom. The Kier molecular flexibility index (Phi) is 7.25. The second kappa shape index (κ2) is 10.5. The van der Waals surface area contributed by atoms with E-state index in [2.05, 4.69) is 11.6 Å². The van der Waals surface area contributed by atoms with Crippen molar-refractivity contribution in [1.29, 1.82) is 0 Å². The van der Waals surface area contributed by atoms with Gasteiger partial charge in [0.25, 0.3) is 0 Å². The van der Waals surface area contributed by atoms with Gasteiger partial charge in [0, 0.05) is 65.5 Å². The van der Waals surface area contributed by atoms with E-state index in [1.54, 1.807) is 9.80 Å². The molecular weight excluding hydrogens is 603 g/mol. The molecule has 0 radical (unpaired) electrons.